The molecular formula is C27H43BrN6O6. The topological polar surface area (TPSA) is 163 Å². The molecule has 12 nitrogen and oxygen atoms in total. The van der Waals surface area contributed by atoms with Gasteiger partial charge in [0.15, 0.2) is 6.29 Å². The van der Waals surface area contributed by atoms with Gasteiger partial charge < -0.3 is 5.73 Å². The van der Waals surface area contributed by atoms with Gasteiger partial charge in [0.05, 0.1) is 31.4 Å². The molecule has 0 radical (unpaired) electrons. The zero-order chi connectivity index (χ0) is 29.6. The number of aldehydes is 1. The third kappa shape index (κ3) is 14.8. The highest BCUT2D eigenvalue weighted by atomic mass is 79.9. The van der Waals surface area contributed by atoms with Crippen LogP contribution in [0.15, 0.2) is 9.98 Å². The van der Waals surface area contributed by atoms with Gasteiger partial charge in [-0.3, -0.25) is 33.9 Å². The van der Waals surface area contributed by atoms with Gasteiger partial charge in [-0.15, -0.1) is 0 Å². The number of aliphatic imine (C=N–C) groups is 2. The Balaban J connectivity index is 2.93. The second kappa shape index (κ2) is 22.3. The fourth-order valence-corrected chi connectivity index (χ4v) is 5.44. The molecule has 13 heteroatoms. The summed E-state index contributed by atoms with van der Waals surface area (Å²) in [6.07, 6.45) is 12.6. The van der Waals surface area contributed by atoms with Crippen molar-refractivity contribution in [3.05, 3.63) is 0 Å². The molecule has 0 spiro atoms. The highest BCUT2D eigenvalue weighted by molar-refractivity contribution is 9.09. The minimum absolute atomic E-state index is 0.0837. The molecule has 2 N–H and O–H groups in total. The molecule has 2 atom stereocenters. The number of halogens is 1. The van der Waals surface area contributed by atoms with Crippen LogP contribution in [0.25, 0.3) is 0 Å². The molecule has 1 rings (SSSR count). The fourth-order valence-electron chi connectivity index (χ4n) is 4.76. The van der Waals surface area contributed by atoms with E-state index >= 15 is 0 Å². The fraction of sp³-hybridized carbons (Fsp3) is 0.778. The van der Waals surface area contributed by atoms with Gasteiger partial charge in [-0.1, -0.05) is 54.5 Å². The number of nitrogens with two attached hydrogens (primary N) is 1. The minimum atomic E-state index is -1.04. The monoisotopic (exact) mass is 626 g/mol. The van der Waals surface area contributed by atoms with Crippen LogP contribution in [0.5, 0.6) is 0 Å². The van der Waals surface area contributed by atoms with Crippen molar-refractivity contribution >= 4 is 51.8 Å². The van der Waals surface area contributed by atoms with Crippen LogP contribution < -0.4 is 5.73 Å². The molecule has 224 valence electrons. The molecule has 2 unspecified atom stereocenters. The number of hydrogen-bond acceptors (Lipinski definition) is 11. The van der Waals surface area contributed by atoms with Crippen LogP contribution in [-0.2, 0) is 28.8 Å². The molecule has 40 heavy (non-hydrogen) atoms. The molecule has 1 amide bonds. The zero-order valence-electron chi connectivity index (χ0n) is 23.3. The van der Waals surface area contributed by atoms with Crippen molar-refractivity contribution in [2.45, 2.75) is 94.6 Å². The van der Waals surface area contributed by atoms with Gasteiger partial charge in [-0.2, -0.15) is 0 Å². The quantitative estimate of drug-likeness (QED) is 0.0248. The van der Waals surface area contributed by atoms with Gasteiger partial charge in [-0.25, -0.2) is 19.6 Å². The number of primary amides is 1. The number of hydrogen-bond donors (Lipinski definition) is 1. The van der Waals surface area contributed by atoms with Gasteiger partial charge in [0.25, 0.3) is 5.78 Å². The lowest BCUT2D eigenvalue weighted by Gasteiger charge is -2.49. The smallest absolute Gasteiger partial charge is 0.264 e. The lowest BCUT2D eigenvalue weighted by Crippen LogP contribution is -2.66. The van der Waals surface area contributed by atoms with Crippen LogP contribution in [0.3, 0.4) is 0 Å². The Hall–Kier alpha value is -2.40. The maximum Gasteiger partial charge on any atom is 0.264 e. The van der Waals surface area contributed by atoms with E-state index in [1.165, 1.54) is 6.08 Å². The first-order chi connectivity index (χ1) is 19.3. The highest BCUT2D eigenvalue weighted by Crippen LogP contribution is 2.26. The molecule has 0 saturated carbocycles. The molecule has 0 bridgehead atoms. The van der Waals surface area contributed by atoms with E-state index in [4.69, 9.17) is 5.73 Å². The first kappa shape index (κ1) is 35.6. The van der Waals surface area contributed by atoms with E-state index in [9.17, 15) is 28.8 Å². The lowest BCUT2D eigenvalue weighted by molar-refractivity contribution is -0.155. The predicted octanol–water partition coefficient (Wildman–Crippen LogP) is 2.43. The van der Waals surface area contributed by atoms with Gasteiger partial charge in [-0.05, 0) is 38.5 Å². The van der Waals surface area contributed by atoms with Crippen molar-refractivity contribution in [3.63, 3.8) is 0 Å². The number of ketones is 2. The molecule has 0 aromatic heterocycles. The SMILES string of the molecule is NC(=O)CCCCCC(Br)N1CN(CCCCCCN=C=O)CN(CCCCCCN=C=O)C1C(=O)C(=O)C=O. The number of carbonyl (C=O) groups excluding carboxylic acids is 6. The molecule has 0 aliphatic carbocycles. The third-order valence-corrected chi connectivity index (χ3v) is 7.79. The van der Waals surface area contributed by atoms with Gasteiger partial charge in [0, 0.05) is 19.5 Å². The summed E-state index contributed by atoms with van der Waals surface area (Å²) in [6, 6.07) is 0. The maximum atomic E-state index is 13.2. The molecule has 0 aromatic carbocycles. The number of alkyl halides is 1. The van der Waals surface area contributed by atoms with E-state index in [0.29, 0.717) is 52.2 Å². The summed E-state index contributed by atoms with van der Waals surface area (Å²) in [7, 11) is 0. The Morgan fingerprint density at radius 1 is 0.850 bits per heavy atom. The third-order valence-electron chi connectivity index (χ3n) is 6.80. The van der Waals surface area contributed by atoms with E-state index in [-0.39, 0.29) is 17.1 Å². The summed E-state index contributed by atoms with van der Waals surface area (Å²) in [4.78, 5) is 81.2. The van der Waals surface area contributed by atoms with E-state index in [1.54, 1.807) is 6.08 Å². The van der Waals surface area contributed by atoms with Crippen molar-refractivity contribution in [1.29, 1.82) is 0 Å². The lowest BCUT2D eigenvalue weighted by atomic mass is 10.1. The number of carbonyl (C=O) groups is 4. The average molecular weight is 628 g/mol. The first-order valence-electron chi connectivity index (χ1n) is 14.1. The Bertz CT molecular complexity index is 893. The van der Waals surface area contributed by atoms with Crippen molar-refractivity contribution in [1.82, 2.24) is 14.7 Å². The molecule has 1 saturated heterocycles. The maximum absolute atomic E-state index is 13.2. The Labute approximate surface area is 244 Å². The summed E-state index contributed by atoms with van der Waals surface area (Å²) in [5, 5.41) is 0. The Morgan fingerprint density at radius 3 is 2.00 bits per heavy atom. The molecule has 1 heterocycles. The van der Waals surface area contributed by atoms with Gasteiger partial charge >= 0.3 is 0 Å². The van der Waals surface area contributed by atoms with Crippen molar-refractivity contribution in [2.24, 2.45) is 15.7 Å². The zero-order valence-corrected chi connectivity index (χ0v) is 24.9. The minimum Gasteiger partial charge on any atom is -0.370 e. The van der Waals surface area contributed by atoms with E-state index in [1.807, 2.05) is 9.80 Å². The van der Waals surface area contributed by atoms with Crippen LogP contribution in [0.1, 0.15) is 83.5 Å². The van der Waals surface area contributed by atoms with Crippen LogP contribution in [0, 0.1) is 0 Å². The molecule has 1 aliphatic rings. The number of amides is 1. The molecular weight excluding hydrogens is 584 g/mol. The number of unbranched alkanes of at least 4 members (excludes halogenated alkanes) is 8. The standard InChI is InChI=1S/C27H43BrN6O6/c28-24(12-6-5-7-13-25(29)39)34-22-32(16-10-3-1-8-14-30-19-36)21-33(27(34)26(40)23(38)18-35)17-11-4-2-9-15-31-20-37/h18,24,27H,1-17,21-22H2,(H2,29,39). The highest BCUT2D eigenvalue weighted by Gasteiger charge is 2.42. The summed E-state index contributed by atoms with van der Waals surface area (Å²) in [5.74, 6) is -2.10. The van der Waals surface area contributed by atoms with Crippen molar-refractivity contribution in [2.75, 3.05) is 39.5 Å². The summed E-state index contributed by atoms with van der Waals surface area (Å²) in [5.41, 5.74) is 5.23. The van der Waals surface area contributed by atoms with Crippen LogP contribution >= 0.6 is 15.9 Å². The Morgan fingerprint density at radius 2 is 1.43 bits per heavy atom. The normalized spacial score (nSPS) is 17.0. The van der Waals surface area contributed by atoms with Crippen molar-refractivity contribution in [3.8, 4) is 0 Å². The first-order valence-corrected chi connectivity index (χ1v) is 15.0. The second-order valence-electron chi connectivity index (χ2n) is 10.00. The van der Waals surface area contributed by atoms with E-state index in [2.05, 4.69) is 30.8 Å². The summed E-state index contributed by atoms with van der Waals surface area (Å²) in [6.45, 7) is 3.21. The molecule has 0 aromatic rings. The van der Waals surface area contributed by atoms with Gasteiger partial charge in [0.2, 0.25) is 23.9 Å². The summed E-state index contributed by atoms with van der Waals surface area (Å²) < 4.78 is 0. The average Bonchev–Trinajstić information content (AvgIpc) is 2.94. The number of isocyanates is 2. The summed E-state index contributed by atoms with van der Waals surface area (Å²) >= 11 is 3.73. The molecule has 1 fully saturated rings. The molecule has 1 aliphatic heterocycles. The van der Waals surface area contributed by atoms with Crippen LogP contribution in [0.2, 0.25) is 0 Å². The van der Waals surface area contributed by atoms with E-state index in [0.717, 1.165) is 70.8 Å². The van der Waals surface area contributed by atoms with Crippen LogP contribution in [-0.4, -0.2) is 101 Å². The Kier molecular flexibility index (Phi) is 19.9. The van der Waals surface area contributed by atoms with Gasteiger partial charge in [0.1, 0.15) is 6.17 Å². The second-order valence-corrected chi connectivity index (χ2v) is 11.1. The largest absolute Gasteiger partial charge is 0.370 e. The number of nitrogens with zero attached hydrogens (tertiary/aromatic N) is 5. The van der Waals surface area contributed by atoms with Crippen LogP contribution in [0.4, 0.5) is 0 Å². The van der Waals surface area contributed by atoms with E-state index < -0.39 is 17.7 Å². The number of Topliss-reactive ketones (excluding diaryl/α,β-unsaturated/α-hetero) is 2. The van der Waals surface area contributed by atoms with Crippen molar-refractivity contribution < 1.29 is 28.8 Å². The number of rotatable bonds is 24. The predicted molar refractivity (Wildman–Crippen MR) is 153 cm³/mol.